The van der Waals surface area contributed by atoms with Crippen LogP contribution in [0.4, 0.5) is 0 Å². The molecular weight excluding hydrogens is 346 g/mol. The zero-order valence-corrected chi connectivity index (χ0v) is 15.8. The Balaban J connectivity index is 0.00000243. The number of aromatic nitrogens is 2. The fourth-order valence-electron chi connectivity index (χ4n) is 2.65. The number of nitrogens with zero attached hydrogens (tertiary/aromatic N) is 2. The second-order valence-electron chi connectivity index (χ2n) is 6.31. The first-order chi connectivity index (χ1) is 12.1. The molecule has 0 fully saturated rings. The lowest BCUT2D eigenvalue weighted by Crippen LogP contribution is -2.28. The highest BCUT2D eigenvalue weighted by atomic mass is 35.5. The highest BCUT2D eigenvalue weighted by Crippen LogP contribution is 2.28. The van der Waals surface area contributed by atoms with Crippen molar-refractivity contribution in [3.05, 3.63) is 72.4 Å². The van der Waals surface area contributed by atoms with Crippen molar-refractivity contribution in [3.8, 4) is 22.6 Å². The molecular formula is C21H24ClN3O. The number of hydrogen-bond acceptors (Lipinski definition) is 4. The van der Waals surface area contributed by atoms with Crippen LogP contribution < -0.4 is 5.32 Å². The minimum absolute atomic E-state index is 0. The summed E-state index contributed by atoms with van der Waals surface area (Å²) >= 11 is 0. The summed E-state index contributed by atoms with van der Waals surface area (Å²) in [7, 11) is 0. The number of halogens is 1. The molecule has 1 heterocycles. The lowest BCUT2D eigenvalue weighted by molar-refractivity contribution is 0.171. The number of aliphatic hydroxyl groups is 1. The van der Waals surface area contributed by atoms with E-state index in [4.69, 9.17) is 4.98 Å². The molecule has 0 aliphatic rings. The van der Waals surface area contributed by atoms with Crippen molar-refractivity contribution in [1.29, 1.82) is 0 Å². The first-order valence-corrected chi connectivity index (χ1v) is 8.54. The predicted octanol–water partition coefficient (Wildman–Crippen LogP) is 4.26. The van der Waals surface area contributed by atoms with Crippen molar-refractivity contribution in [3.63, 3.8) is 0 Å². The van der Waals surface area contributed by atoms with Crippen LogP contribution in [-0.2, 0) is 0 Å². The van der Waals surface area contributed by atoms with Crippen molar-refractivity contribution < 1.29 is 5.11 Å². The van der Waals surface area contributed by atoms with E-state index in [-0.39, 0.29) is 12.4 Å². The summed E-state index contributed by atoms with van der Waals surface area (Å²) in [6, 6.07) is 20.1. The predicted molar refractivity (Wildman–Crippen MR) is 108 cm³/mol. The van der Waals surface area contributed by atoms with Gasteiger partial charge in [-0.3, -0.25) is 0 Å². The molecule has 0 bridgehead atoms. The molecule has 0 aliphatic heterocycles. The van der Waals surface area contributed by atoms with Gasteiger partial charge in [-0.15, -0.1) is 12.4 Å². The molecule has 0 saturated heterocycles. The first-order valence-electron chi connectivity index (χ1n) is 8.54. The van der Waals surface area contributed by atoms with Crippen molar-refractivity contribution >= 4 is 12.4 Å². The SMILES string of the molecule is CC(C)NCC(O)c1cnc(-c2ccccc2)nc1-c1ccccc1.Cl. The van der Waals surface area contributed by atoms with Gasteiger partial charge in [0, 0.05) is 35.5 Å². The Kier molecular flexibility index (Phi) is 7.27. The maximum Gasteiger partial charge on any atom is 0.159 e. The molecule has 2 aromatic carbocycles. The smallest absolute Gasteiger partial charge is 0.159 e. The van der Waals surface area contributed by atoms with Crippen LogP contribution in [0, 0.1) is 0 Å². The van der Waals surface area contributed by atoms with Gasteiger partial charge in [0.15, 0.2) is 5.82 Å². The fourth-order valence-corrected chi connectivity index (χ4v) is 2.65. The van der Waals surface area contributed by atoms with Crippen molar-refractivity contribution in [2.45, 2.75) is 26.0 Å². The van der Waals surface area contributed by atoms with Gasteiger partial charge in [0.1, 0.15) is 0 Å². The number of nitrogens with one attached hydrogen (secondary N) is 1. The minimum atomic E-state index is -0.664. The lowest BCUT2D eigenvalue weighted by atomic mass is 10.0. The zero-order chi connectivity index (χ0) is 17.6. The standard InChI is InChI=1S/C21H23N3O.ClH/c1-15(2)22-14-19(25)18-13-23-21(17-11-7-4-8-12-17)24-20(18)16-9-5-3-6-10-16;/h3-13,15,19,22,25H,14H2,1-2H3;1H. The molecule has 136 valence electrons. The second-order valence-corrected chi connectivity index (χ2v) is 6.31. The molecule has 26 heavy (non-hydrogen) atoms. The summed E-state index contributed by atoms with van der Waals surface area (Å²) in [5.74, 6) is 0.659. The normalized spacial score (nSPS) is 11.8. The Labute approximate surface area is 160 Å². The largest absolute Gasteiger partial charge is 0.387 e. The average Bonchev–Trinajstić information content (AvgIpc) is 2.67. The number of benzene rings is 2. The molecule has 2 N–H and O–H groups in total. The molecule has 0 radical (unpaired) electrons. The minimum Gasteiger partial charge on any atom is -0.387 e. The summed E-state index contributed by atoms with van der Waals surface area (Å²) in [6.07, 6.45) is 1.08. The van der Waals surface area contributed by atoms with Crippen LogP contribution >= 0.6 is 12.4 Å². The summed E-state index contributed by atoms with van der Waals surface area (Å²) in [6.45, 7) is 4.57. The van der Waals surface area contributed by atoms with Gasteiger partial charge in [0.25, 0.3) is 0 Å². The van der Waals surface area contributed by atoms with Crippen LogP contribution in [0.5, 0.6) is 0 Å². The van der Waals surface area contributed by atoms with E-state index in [1.807, 2.05) is 60.7 Å². The first kappa shape index (κ1) is 20.0. The average molecular weight is 370 g/mol. The summed E-state index contributed by atoms with van der Waals surface area (Å²) in [4.78, 5) is 9.25. The molecule has 0 aliphatic carbocycles. The van der Waals surface area contributed by atoms with E-state index in [9.17, 15) is 5.11 Å². The van der Waals surface area contributed by atoms with Gasteiger partial charge in [-0.05, 0) is 0 Å². The Morgan fingerprint density at radius 3 is 2.08 bits per heavy atom. The summed E-state index contributed by atoms with van der Waals surface area (Å²) in [5, 5.41) is 13.9. The third-order valence-corrected chi connectivity index (χ3v) is 3.97. The van der Waals surface area contributed by atoms with Crippen LogP contribution in [0.2, 0.25) is 0 Å². The van der Waals surface area contributed by atoms with Gasteiger partial charge in [0.05, 0.1) is 11.8 Å². The van der Waals surface area contributed by atoms with Crippen LogP contribution in [0.25, 0.3) is 22.6 Å². The van der Waals surface area contributed by atoms with E-state index in [0.29, 0.717) is 18.4 Å². The highest BCUT2D eigenvalue weighted by molar-refractivity contribution is 5.85. The Morgan fingerprint density at radius 1 is 0.923 bits per heavy atom. The molecule has 1 unspecified atom stereocenters. The van der Waals surface area contributed by atoms with E-state index in [1.165, 1.54) is 0 Å². The van der Waals surface area contributed by atoms with E-state index in [0.717, 1.165) is 22.4 Å². The van der Waals surface area contributed by atoms with Gasteiger partial charge >= 0.3 is 0 Å². The van der Waals surface area contributed by atoms with Crippen molar-refractivity contribution in [2.24, 2.45) is 0 Å². The molecule has 1 aromatic heterocycles. The second kappa shape index (κ2) is 9.43. The number of aliphatic hydroxyl groups excluding tert-OH is 1. The summed E-state index contributed by atoms with van der Waals surface area (Å²) < 4.78 is 0. The zero-order valence-electron chi connectivity index (χ0n) is 15.0. The molecule has 4 nitrogen and oxygen atoms in total. The Morgan fingerprint density at radius 2 is 1.50 bits per heavy atom. The monoisotopic (exact) mass is 369 g/mol. The quantitative estimate of drug-likeness (QED) is 0.681. The van der Waals surface area contributed by atoms with Gasteiger partial charge in [-0.25, -0.2) is 9.97 Å². The van der Waals surface area contributed by atoms with Crippen LogP contribution in [0.15, 0.2) is 66.9 Å². The third kappa shape index (κ3) is 4.88. The maximum atomic E-state index is 10.6. The summed E-state index contributed by atoms with van der Waals surface area (Å²) in [5.41, 5.74) is 3.44. The van der Waals surface area contributed by atoms with Gasteiger partial charge in [0.2, 0.25) is 0 Å². The molecule has 5 heteroatoms. The van der Waals surface area contributed by atoms with Gasteiger partial charge < -0.3 is 10.4 Å². The number of hydrogen-bond donors (Lipinski definition) is 2. The highest BCUT2D eigenvalue weighted by Gasteiger charge is 2.17. The van der Waals surface area contributed by atoms with E-state index < -0.39 is 6.10 Å². The third-order valence-electron chi connectivity index (χ3n) is 3.97. The molecule has 0 spiro atoms. The van der Waals surface area contributed by atoms with E-state index >= 15 is 0 Å². The lowest BCUT2D eigenvalue weighted by Gasteiger charge is -2.17. The Hall–Kier alpha value is -2.27. The Bertz CT molecular complexity index is 810. The van der Waals surface area contributed by atoms with Crippen LogP contribution in [0.1, 0.15) is 25.5 Å². The van der Waals surface area contributed by atoms with Gasteiger partial charge in [-0.1, -0.05) is 74.5 Å². The van der Waals surface area contributed by atoms with Crippen LogP contribution in [0.3, 0.4) is 0 Å². The van der Waals surface area contributed by atoms with E-state index in [1.54, 1.807) is 6.20 Å². The number of rotatable bonds is 6. The van der Waals surface area contributed by atoms with Crippen LogP contribution in [-0.4, -0.2) is 27.7 Å². The molecule has 1 atom stereocenters. The molecule has 0 saturated carbocycles. The molecule has 0 amide bonds. The fraction of sp³-hybridized carbons (Fsp3) is 0.238. The molecule has 3 aromatic rings. The van der Waals surface area contributed by atoms with E-state index in [2.05, 4.69) is 24.1 Å². The maximum absolute atomic E-state index is 10.6. The van der Waals surface area contributed by atoms with Crippen molar-refractivity contribution in [1.82, 2.24) is 15.3 Å². The molecule has 3 rings (SSSR count). The van der Waals surface area contributed by atoms with Crippen molar-refractivity contribution in [2.75, 3.05) is 6.54 Å². The van der Waals surface area contributed by atoms with Gasteiger partial charge in [-0.2, -0.15) is 0 Å². The topological polar surface area (TPSA) is 58.0 Å².